The molecule has 0 N–H and O–H groups in total. The summed E-state index contributed by atoms with van der Waals surface area (Å²) in [6, 6.07) is 16.9. The van der Waals surface area contributed by atoms with E-state index in [2.05, 4.69) is 5.10 Å². The van der Waals surface area contributed by atoms with E-state index in [1.807, 2.05) is 54.9 Å². The minimum atomic E-state index is -0.428. The number of rotatable bonds is 5. The van der Waals surface area contributed by atoms with Crippen molar-refractivity contribution in [2.75, 3.05) is 11.4 Å². The molecule has 148 valence electrons. The van der Waals surface area contributed by atoms with E-state index in [9.17, 15) is 9.59 Å². The molecule has 4 rings (SSSR count). The number of para-hydroxylation sites is 1. The van der Waals surface area contributed by atoms with Crippen molar-refractivity contribution < 1.29 is 14.3 Å². The van der Waals surface area contributed by atoms with Crippen molar-refractivity contribution in [3.63, 3.8) is 0 Å². The zero-order valence-electron chi connectivity index (χ0n) is 16.6. The van der Waals surface area contributed by atoms with Crippen molar-refractivity contribution >= 4 is 17.6 Å². The van der Waals surface area contributed by atoms with Gasteiger partial charge in [0, 0.05) is 18.7 Å². The van der Waals surface area contributed by atoms with Gasteiger partial charge in [-0.1, -0.05) is 24.3 Å². The van der Waals surface area contributed by atoms with Gasteiger partial charge in [0.05, 0.1) is 22.6 Å². The van der Waals surface area contributed by atoms with E-state index in [0.29, 0.717) is 24.2 Å². The highest BCUT2D eigenvalue weighted by Gasteiger charge is 2.26. The monoisotopic (exact) mass is 389 g/mol. The summed E-state index contributed by atoms with van der Waals surface area (Å²) in [4.78, 5) is 26.4. The molecule has 1 aliphatic heterocycles. The normalized spacial score (nSPS) is 13.7. The van der Waals surface area contributed by atoms with E-state index in [4.69, 9.17) is 4.74 Å². The third-order valence-electron chi connectivity index (χ3n) is 5.05. The molecule has 0 aliphatic carbocycles. The Morgan fingerprint density at radius 3 is 2.52 bits per heavy atom. The van der Waals surface area contributed by atoms with Gasteiger partial charge in [-0.3, -0.25) is 4.79 Å². The van der Waals surface area contributed by atoms with E-state index in [1.54, 1.807) is 23.1 Å². The summed E-state index contributed by atoms with van der Waals surface area (Å²) in [7, 11) is 0. The van der Waals surface area contributed by atoms with Crippen molar-refractivity contribution in [2.45, 2.75) is 33.3 Å². The molecule has 6 heteroatoms. The van der Waals surface area contributed by atoms with Gasteiger partial charge in [-0.15, -0.1) is 0 Å². The number of benzene rings is 2. The molecule has 0 bridgehead atoms. The Kier molecular flexibility index (Phi) is 5.16. The number of carbonyl (C=O) groups excluding carboxylic acids is 2. The molecular weight excluding hydrogens is 366 g/mol. The van der Waals surface area contributed by atoms with Crippen molar-refractivity contribution in [1.82, 2.24) is 9.78 Å². The lowest BCUT2D eigenvalue weighted by Crippen LogP contribution is -2.26. The number of nitrogens with zero attached hydrogens (tertiary/aromatic N) is 3. The van der Waals surface area contributed by atoms with Gasteiger partial charge < -0.3 is 9.64 Å². The molecular formula is C23H23N3O3. The highest BCUT2D eigenvalue weighted by atomic mass is 16.5. The molecule has 29 heavy (non-hydrogen) atoms. The van der Waals surface area contributed by atoms with Crippen LogP contribution in [-0.2, 0) is 16.1 Å². The first kappa shape index (κ1) is 18.9. The zero-order valence-corrected chi connectivity index (χ0v) is 16.6. The maximum atomic E-state index is 12.7. The summed E-state index contributed by atoms with van der Waals surface area (Å²) >= 11 is 0. The van der Waals surface area contributed by atoms with Crippen LogP contribution >= 0.6 is 0 Å². The number of aromatic nitrogens is 2. The highest BCUT2D eigenvalue weighted by Crippen LogP contribution is 2.26. The maximum Gasteiger partial charge on any atom is 0.340 e. The van der Waals surface area contributed by atoms with Crippen molar-refractivity contribution in [1.29, 1.82) is 0 Å². The van der Waals surface area contributed by atoms with Gasteiger partial charge in [0.1, 0.15) is 6.61 Å². The minimum Gasteiger partial charge on any atom is -0.457 e. The zero-order chi connectivity index (χ0) is 20.4. The van der Waals surface area contributed by atoms with Crippen LogP contribution in [0.4, 0.5) is 5.69 Å². The van der Waals surface area contributed by atoms with Crippen LogP contribution in [0.25, 0.3) is 5.69 Å². The van der Waals surface area contributed by atoms with Gasteiger partial charge in [-0.25, -0.2) is 9.48 Å². The second kappa shape index (κ2) is 7.91. The number of esters is 1. The lowest BCUT2D eigenvalue weighted by Gasteiger charge is -2.19. The van der Waals surface area contributed by atoms with Gasteiger partial charge in [-0.2, -0.15) is 5.10 Å². The Labute approximate surface area is 169 Å². The van der Waals surface area contributed by atoms with E-state index in [1.165, 1.54) is 0 Å². The summed E-state index contributed by atoms with van der Waals surface area (Å²) in [5, 5.41) is 4.48. The van der Waals surface area contributed by atoms with Gasteiger partial charge in [0.15, 0.2) is 0 Å². The molecule has 2 heterocycles. The number of hydrogen-bond acceptors (Lipinski definition) is 4. The number of carbonyl (C=O) groups is 2. The molecule has 6 nitrogen and oxygen atoms in total. The Bertz CT molecular complexity index is 1050. The van der Waals surface area contributed by atoms with Crippen LogP contribution in [0.2, 0.25) is 0 Å². The van der Waals surface area contributed by atoms with Gasteiger partial charge >= 0.3 is 5.97 Å². The smallest absolute Gasteiger partial charge is 0.340 e. The average molecular weight is 389 g/mol. The predicted molar refractivity (Wildman–Crippen MR) is 110 cm³/mol. The third kappa shape index (κ3) is 3.92. The van der Waals surface area contributed by atoms with Gasteiger partial charge in [0.2, 0.25) is 5.91 Å². The number of anilines is 1. The van der Waals surface area contributed by atoms with Gasteiger partial charge in [-0.05, 0) is 56.2 Å². The number of aryl methyl sites for hydroxylation is 2. The Morgan fingerprint density at radius 1 is 1.10 bits per heavy atom. The second-order valence-electron chi connectivity index (χ2n) is 7.25. The standard InChI is InChI=1S/C23H23N3O3/c1-16-14-17(2)26(24-16)19-11-9-18(10-12-19)15-29-23(28)20-6-3-4-7-21(20)25-13-5-8-22(25)27/h3-4,6-7,9-12,14H,5,8,13,15H2,1-2H3. The summed E-state index contributed by atoms with van der Waals surface area (Å²) in [6.45, 7) is 4.78. The van der Waals surface area contributed by atoms with E-state index in [0.717, 1.165) is 29.1 Å². The minimum absolute atomic E-state index is 0.0463. The van der Waals surface area contributed by atoms with Crippen LogP contribution in [-0.4, -0.2) is 28.2 Å². The first-order chi connectivity index (χ1) is 14.0. The second-order valence-corrected chi connectivity index (χ2v) is 7.25. The van der Waals surface area contributed by atoms with Crippen LogP contribution in [0.15, 0.2) is 54.6 Å². The number of amides is 1. The molecule has 2 aromatic carbocycles. The van der Waals surface area contributed by atoms with Crippen molar-refractivity contribution in [3.8, 4) is 5.69 Å². The van der Waals surface area contributed by atoms with Crippen LogP contribution in [0.1, 0.15) is 40.2 Å². The average Bonchev–Trinajstić information content (AvgIpc) is 3.31. The van der Waals surface area contributed by atoms with E-state index in [-0.39, 0.29) is 12.5 Å². The molecule has 1 aromatic heterocycles. The molecule has 1 saturated heterocycles. The number of ether oxygens (including phenoxy) is 1. The molecule has 0 atom stereocenters. The fourth-order valence-corrected chi connectivity index (χ4v) is 3.63. The first-order valence-corrected chi connectivity index (χ1v) is 9.72. The quantitative estimate of drug-likeness (QED) is 0.620. The molecule has 0 spiro atoms. The molecule has 0 radical (unpaired) electrons. The van der Waals surface area contributed by atoms with E-state index < -0.39 is 5.97 Å². The molecule has 0 saturated carbocycles. The summed E-state index contributed by atoms with van der Waals surface area (Å²) in [5.74, 6) is -0.382. The summed E-state index contributed by atoms with van der Waals surface area (Å²) in [5.41, 5.74) is 4.93. The Balaban J connectivity index is 1.45. The Morgan fingerprint density at radius 2 is 1.86 bits per heavy atom. The lowest BCUT2D eigenvalue weighted by atomic mass is 10.1. The van der Waals surface area contributed by atoms with Crippen LogP contribution < -0.4 is 4.90 Å². The first-order valence-electron chi connectivity index (χ1n) is 9.72. The topological polar surface area (TPSA) is 64.4 Å². The van der Waals surface area contributed by atoms with Crippen LogP contribution in [0.3, 0.4) is 0 Å². The maximum absolute atomic E-state index is 12.7. The summed E-state index contributed by atoms with van der Waals surface area (Å²) < 4.78 is 7.41. The molecule has 3 aromatic rings. The SMILES string of the molecule is Cc1cc(C)n(-c2ccc(COC(=O)c3ccccc3N3CCCC3=O)cc2)n1. The van der Waals surface area contributed by atoms with Gasteiger partial charge in [0.25, 0.3) is 0 Å². The van der Waals surface area contributed by atoms with Crippen molar-refractivity contribution in [3.05, 3.63) is 77.1 Å². The number of hydrogen-bond donors (Lipinski definition) is 0. The predicted octanol–water partition coefficient (Wildman–Crippen LogP) is 3.97. The summed E-state index contributed by atoms with van der Waals surface area (Å²) in [6.07, 6.45) is 1.33. The van der Waals surface area contributed by atoms with E-state index >= 15 is 0 Å². The Hall–Kier alpha value is -3.41. The van der Waals surface area contributed by atoms with Crippen molar-refractivity contribution in [2.24, 2.45) is 0 Å². The lowest BCUT2D eigenvalue weighted by molar-refractivity contribution is -0.117. The van der Waals surface area contributed by atoms with Crippen LogP contribution in [0.5, 0.6) is 0 Å². The van der Waals surface area contributed by atoms with Crippen LogP contribution in [0, 0.1) is 13.8 Å². The fourth-order valence-electron chi connectivity index (χ4n) is 3.63. The largest absolute Gasteiger partial charge is 0.457 e. The molecule has 1 aliphatic rings. The highest BCUT2D eigenvalue weighted by molar-refractivity contribution is 6.03. The molecule has 1 fully saturated rings. The molecule has 0 unspecified atom stereocenters. The fraction of sp³-hybridized carbons (Fsp3) is 0.261. The third-order valence-corrected chi connectivity index (χ3v) is 5.05. The molecule has 1 amide bonds.